The molecular formula is C30H25FN2O3. The van der Waals surface area contributed by atoms with Crippen LogP contribution in [0, 0.1) is 16.6 Å². The molecule has 0 N–H and O–H groups in total. The van der Waals surface area contributed by atoms with E-state index in [0.717, 1.165) is 0 Å². The van der Waals surface area contributed by atoms with E-state index in [4.69, 9.17) is 0 Å². The fourth-order valence-corrected chi connectivity index (χ4v) is 6.32. The minimum atomic E-state index is -1.55. The molecule has 0 amide bonds. The highest BCUT2D eigenvalue weighted by molar-refractivity contribution is 6.32. The Morgan fingerprint density at radius 1 is 1.00 bits per heavy atom. The van der Waals surface area contributed by atoms with Crippen LogP contribution in [0.5, 0.6) is 0 Å². The summed E-state index contributed by atoms with van der Waals surface area (Å²) in [5.74, 6) is -1.84. The number of carbonyl (C=O) groups excluding carboxylic acids is 3. The van der Waals surface area contributed by atoms with Crippen LogP contribution in [-0.2, 0) is 4.79 Å². The van der Waals surface area contributed by atoms with Gasteiger partial charge in [0.25, 0.3) is 0 Å². The van der Waals surface area contributed by atoms with Crippen LogP contribution in [0.2, 0.25) is 0 Å². The predicted molar refractivity (Wildman–Crippen MR) is 134 cm³/mol. The van der Waals surface area contributed by atoms with E-state index < -0.39 is 34.6 Å². The van der Waals surface area contributed by atoms with Gasteiger partial charge in [-0.2, -0.15) is 0 Å². The fraction of sp³-hybridized carbons (Fsp3) is 0.267. The number of pyridine rings is 1. The molecular weight excluding hydrogens is 455 g/mol. The van der Waals surface area contributed by atoms with E-state index in [2.05, 4.69) is 4.98 Å². The maximum absolute atomic E-state index is 14.4. The number of nitrogens with zero attached hydrogens (tertiary/aromatic N) is 2. The van der Waals surface area contributed by atoms with E-state index in [9.17, 15) is 18.8 Å². The van der Waals surface area contributed by atoms with E-state index >= 15 is 0 Å². The van der Waals surface area contributed by atoms with Gasteiger partial charge in [0.15, 0.2) is 17.3 Å². The minimum absolute atomic E-state index is 0.0969. The first-order valence-electron chi connectivity index (χ1n) is 12.1. The Kier molecular flexibility index (Phi) is 4.71. The lowest BCUT2D eigenvalue weighted by atomic mass is 9.63. The van der Waals surface area contributed by atoms with Crippen LogP contribution in [0.25, 0.3) is 6.08 Å². The molecule has 3 aromatic rings. The van der Waals surface area contributed by atoms with Gasteiger partial charge in [0.1, 0.15) is 11.2 Å². The van der Waals surface area contributed by atoms with Gasteiger partial charge in [-0.15, -0.1) is 0 Å². The van der Waals surface area contributed by atoms with Crippen LogP contribution in [0.4, 0.5) is 10.1 Å². The molecule has 1 fully saturated rings. The van der Waals surface area contributed by atoms with Crippen molar-refractivity contribution in [2.24, 2.45) is 10.8 Å². The van der Waals surface area contributed by atoms with Crippen molar-refractivity contribution < 1.29 is 18.8 Å². The first kappa shape index (κ1) is 22.5. The molecule has 2 aromatic carbocycles. The van der Waals surface area contributed by atoms with E-state index in [1.807, 2.05) is 31.7 Å². The lowest BCUT2D eigenvalue weighted by Gasteiger charge is -2.38. The average Bonchev–Trinajstić information content (AvgIpc) is 3.29. The zero-order valence-electron chi connectivity index (χ0n) is 20.2. The second-order valence-corrected chi connectivity index (χ2v) is 10.8. The molecule has 1 saturated heterocycles. The number of benzene rings is 2. The largest absolute Gasteiger partial charge is 0.352 e. The smallest absolute Gasteiger partial charge is 0.180 e. The molecule has 3 aliphatic rings. The molecule has 6 rings (SSSR count). The number of ketones is 3. The summed E-state index contributed by atoms with van der Waals surface area (Å²) in [6, 6.07) is 13.3. The first-order valence-corrected chi connectivity index (χ1v) is 12.1. The third-order valence-corrected chi connectivity index (χ3v) is 7.82. The van der Waals surface area contributed by atoms with Crippen LogP contribution in [0.3, 0.4) is 0 Å². The SMILES string of the molecule is CC(C)(C)C(=O)[C@@H]1[C@@H](c2cccnc2)C2(C(=O)c3ccccc3C2=O)[C@@H]2C=Cc3cc(F)ccc3N12. The lowest BCUT2D eigenvalue weighted by molar-refractivity contribution is -0.127. The zero-order chi connectivity index (χ0) is 25.4. The van der Waals surface area contributed by atoms with E-state index in [-0.39, 0.29) is 17.3 Å². The quantitative estimate of drug-likeness (QED) is 0.468. The second kappa shape index (κ2) is 7.53. The Bertz CT molecular complexity index is 1440. The van der Waals surface area contributed by atoms with Crippen molar-refractivity contribution in [2.75, 3.05) is 4.90 Å². The van der Waals surface area contributed by atoms with Crippen molar-refractivity contribution in [1.82, 2.24) is 4.98 Å². The highest BCUT2D eigenvalue weighted by Gasteiger charge is 2.72. The molecule has 1 aliphatic carbocycles. The Hall–Kier alpha value is -3.93. The summed E-state index contributed by atoms with van der Waals surface area (Å²) in [7, 11) is 0. The third-order valence-electron chi connectivity index (χ3n) is 7.82. The molecule has 0 unspecified atom stereocenters. The summed E-state index contributed by atoms with van der Waals surface area (Å²) >= 11 is 0. The predicted octanol–water partition coefficient (Wildman–Crippen LogP) is 5.27. The number of hydrogen-bond acceptors (Lipinski definition) is 5. The molecule has 0 radical (unpaired) electrons. The van der Waals surface area contributed by atoms with Crippen molar-refractivity contribution >= 4 is 29.1 Å². The van der Waals surface area contributed by atoms with Gasteiger partial charge in [-0.05, 0) is 29.8 Å². The molecule has 2 aliphatic heterocycles. The maximum Gasteiger partial charge on any atom is 0.180 e. The maximum atomic E-state index is 14.4. The highest BCUT2D eigenvalue weighted by Crippen LogP contribution is 2.61. The number of carbonyl (C=O) groups is 3. The van der Waals surface area contributed by atoms with Gasteiger partial charge in [-0.25, -0.2) is 4.39 Å². The van der Waals surface area contributed by atoms with Crippen LogP contribution < -0.4 is 4.90 Å². The number of hydrogen-bond donors (Lipinski definition) is 0. The van der Waals surface area contributed by atoms with Gasteiger partial charge in [-0.3, -0.25) is 19.4 Å². The van der Waals surface area contributed by atoms with Crippen LogP contribution in [0.1, 0.15) is 58.5 Å². The van der Waals surface area contributed by atoms with E-state index in [1.54, 1.807) is 60.9 Å². The summed E-state index contributed by atoms with van der Waals surface area (Å²) in [6.07, 6.45) is 6.83. The number of halogens is 1. The molecule has 3 atom stereocenters. The van der Waals surface area contributed by atoms with Gasteiger partial charge in [0.05, 0.1) is 12.1 Å². The molecule has 6 heteroatoms. The molecule has 180 valence electrons. The molecule has 36 heavy (non-hydrogen) atoms. The van der Waals surface area contributed by atoms with Gasteiger partial charge in [0, 0.05) is 46.1 Å². The normalized spacial score (nSPS) is 23.6. The molecule has 0 bridgehead atoms. The van der Waals surface area contributed by atoms with Crippen molar-refractivity contribution in [3.05, 3.63) is 101 Å². The molecule has 1 aromatic heterocycles. The zero-order valence-corrected chi connectivity index (χ0v) is 20.2. The fourth-order valence-electron chi connectivity index (χ4n) is 6.32. The lowest BCUT2D eigenvalue weighted by Crippen LogP contribution is -2.49. The number of fused-ring (bicyclic) bond motifs is 5. The third kappa shape index (κ3) is 2.81. The topological polar surface area (TPSA) is 67.3 Å². The van der Waals surface area contributed by atoms with Crippen molar-refractivity contribution in [3.63, 3.8) is 0 Å². The summed E-state index contributed by atoms with van der Waals surface area (Å²) in [4.78, 5) is 49.2. The molecule has 0 saturated carbocycles. The second-order valence-electron chi connectivity index (χ2n) is 10.8. The van der Waals surface area contributed by atoms with Crippen molar-refractivity contribution in [2.45, 2.75) is 38.8 Å². The monoisotopic (exact) mass is 480 g/mol. The Balaban J connectivity index is 1.70. The summed E-state index contributed by atoms with van der Waals surface area (Å²) in [5, 5.41) is 0. The Morgan fingerprint density at radius 3 is 2.31 bits per heavy atom. The molecule has 1 spiro atoms. The number of anilines is 1. The summed E-state index contributed by atoms with van der Waals surface area (Å²) in [6.45, 7) is 5.52. The van der Waals surface area contributed by atoms with E-state index in [1.165, 1.54) is 12.1 Å². The van der Waals surface area contributed by atoms with Crippen LogP contribution in [0.15, 0.2) is 73.1 Å². The Morgan fingerprint density at radius 2 is 1.69 bits per heavy atom. The average molecular weight is 481 g/mol. The standard InChI is InChI=1S/C30H25FN2O3/c1-29(2,3)28(36)25-24(18-7-6-14-32-16-18)30(26(34)20-8-4-5-9-21(20)27(30)35)23-13-10-17-15-19(31)11-12-22(17)33(23)25/h4-16,23-25H,1-3H3/t23-,24+,25-/m0/s1. The number of rotatable bonds is 2. The van der Waals surface area contributed by atoms with Gasteiger partial charge in [0.2, 0.25) is 0 Å². The van der Waals surface area contributed by atoms with E-state index in [0.29, 0.717) is 27.9 Å². The van der Waals surface area contributed by atoms with Crippen LogP contribution in [-0.4, -0.2) is 34.4 Å². The first-order chi connectivity index (χ1) is 17.2. The minimum Gasteiger partial charge on any atom is -0.352 e. The number of aromatic nitrogens is 1. The molecule has 5 nitrogen and oxygen atoms in total. The summed E-state index contributed by atoms with van der Waals surface area (Å²) < 4.78 is 14.2. The number of Topliss-reactive ketones (excluding diaryl/α,β-unsaturated/α-hetero) is 3. The molecule has 3 heterocycles. The van der Waals surface area contributed by atoms with Crippen molar-refractivity contribution in [1.29, 1.82) is 0 Å². The van der Waals surface area contributed by atoms with Gasteiger partial charge in [-0.1, -0.05) is 63.3 Å². The highest BCUT2D eigenvalue weighted by atomic mass is 19.1. The van der Waals surface area contributed by atoms with Gasteiger partial charge < -0.3 is 4.90 Å². The summed E-state index contributed by atoms with van der Waals surface area (Å²) in [5.41, 5.74) is 0.323. The Labute approximate surface area is 208 Å². The van der Waals surface area contributed by atoms with Crippen molar-refractivity contribution in [3.8, 4) is 0 Å². The van der Waals surface area contributed by atoms with Crippen LogP contribution >= 0.6 is 0 Å². The van der Waals surface area contributed by atoms with Gasteiger partial charge >= 0.3 is 0 Å².